The van der Waals surface area contributed by atoms with E-state index in [0.29, 0.717) is 40.5 Å². The Kier molecular flexibility index (Phi) is 6.14. The van der Waals surface area contributed by atoms with Gasteiger partial charge in [-0.1, -0.05) is 58.0 Å². The first-order valence-electron chi connectivity index (χ1n) is 10.9. The number of ether oxygens (including phenoxy) is 1. The molecule has 4 aromatic rings. The molecule has 5 rings (SSSR count). The lowest BCUT2D eigenvalue weighted by Crippen LogP contribution is -2.33. The quantitative estimate of drug-likeness (QED) is 0.194. The number of fused-ring (bicyclic) bond motifs is 2. The third kappa shape index (κ3) is 4.58. The average Bonchev–Trinajstić information content (AvgIpc) is 2.82. The predicted molar refractivity (Wildman–Crippen MR) is 137 cm³/mol. The van der Waals surface area contributed by atoms with Crippen LogP contribution in [0.25, 0.3) is 16.7 Å². The number of nitrogens with zero attached hydrogens (tertiary/aromatic N) is 3. The molecule has 0 bridgehead atoms. The number of aromatic nitrogens is 3. The van der Waals surface area contributed by atoms with Crippen molar-refractivity contribution in [1.29, 1.82) is 0 Å². The molecule has 0 saturated heterocycles. The molecule has 0 atom stereocenters. The number of carbonyl (C=O) groups is 1. The van der Waals surface area contributed by atoms with Gasteiger partial charge >= 0.3 is 0 Å². The lowest BCUT2D eigenvalue weighted by Gasteiger charge is -2.31. The zero-order valence-electron chi connectivity index (χ0n) is 18.7. The Balaban J connectivity index is 1.59. The highest BCUT2D eigenvalue weighted by Gasteiger charge is 2.28. The van der Waals surface area contributed by atoms with Crippen LogP contribution in [0.15, 0.2) is 75.1 Å². The Morgan fingerprint density at radius 2 is 1.85 bits per heavy atom. The molecule has 1 aliphatic heterocycles. The Bertz CT molecular complexity index is 1450. The van der Waals surface area contributed by atoms with Crippen molar-refractivity contribution >= 4 is 44.5 Å². The van der Waals surface area contributed by atoms with Crippen LogP contribution in [0.1, 0.15) is 35.5 Å². The minimum atomic E-state index is -0.318. The molecule has 0 N–H and O–H groups in total. The van der Waals surface area contributed by atoms with Gasteiger partial charge in [0.15, 0.2) is 16.6 Å². The van der Waals surface area contributed by atoms with E-state index < -0.39 is 0 Å². The normalized spacial score (nSPS) is 14.7. The molecule has 8 heteroatoms. The van der Waals surface area contributed by atoms with E-state index in [4.69, 9.17) is 14.7 Å². The van der Waals surface area contributed by atoms with Crippen molar-refractivity contribution in [1.82, 2.24) is 14.5 Å². The summed E-state index contributed by atoms with van der Waals surface area (Å²) in [6.07, 6.45) is 0.645. The van der Waals surface area contributed by atoms with E-state index >= 15 is 0 Å². The minimum Gasteiger partial charge on any atom is -0.370 e. The molecule has 0 unspecified atom stereocenters. The highest BCUT2D eigenvalue weighted by atomic mass is 79.9. The van der Waals surface area contributed by atoms with E-state index in [1.807, 2.05) is 62.4 Å². The number of Topliss-reactive ketones (excluding diaryl/α,β-unsaturated/α-hetero) is 1. The number of pyridine rings is 1. The van der Waals surface area contributed by atoms with E-state index in [0.717, 1.165) is 15.7 Å². The van der Waals surface area contributed by atoms with Gasteiger partial charge in [-0.15, -0.1) is 0 Å². The summed E-state index contributed by atoms with van der Waals surface area (Å²) in [5.41, 5.74) is 2.98. The van der Waals surface area contributed by atoms with E-state index in [1.54, 1.807) is 16.7 Å². The molecular weight excluding hydrogens is 514 g/mol. The van der Waals surface area contributed by atoms with Crippen LogP contribution in [0.4, 0.5) is 0 Å². The van der Waals surface area contributed by atoms with Gasteiger partial charge in [0.1, 0.15) is 0 Å². The van der Waals surface area contributed by atoms with Crippen LogP contribution in [-0.2, 0) is 17.8 Å². The molecule has 0 radical (unpaired) electrons. The molecule has 0 amide bonds. The molecule has 34 heavy (non-hydrogen) atoms. The van der Waals surface area contributed by atoms with Crippen LogP contribution in [0.5, 0.6) is 0 Å². The molecule has 0 fully saturated rings. The lowest BCUT2D eigenvalue weighted by atomic mass is 9.95. The highest BCUT2D eigenvalue weighted by Crippen LogP contribution is 2.29. The van der Waals surface area contributed by atoms with E-state index in [1.165, 1.54) is 11.8 Å². The Labute approximate surface area is 209 Å². The minimum absolute atomic E-state index is 0.0382. The Hall–Kier alpha value is -2.81. The second-order valence-electron chi connectivity index (χ2n) is 8.78. The highest BCUT2D eigenvalue weighted by molar-refractivity contribution is 9.10. The fourth-order valence-corrected chi connectivity index (χ4v) is 5.09. The zero-order chi connectivity index (χ0) is 23.9. The first-order valence-corrected chi connectivity index (χ1v) is 12.7. The Morgan fingerprint density at radius 1 is 1.12 bits per heavy atom. The summed E-state index contributed by atoms with van der Waals surface area (Å²) in [5, 5.41) is 0.877. The summed E-state index contributed by atoms with van der Waals surface area (Å²) < 4.78 is 8.39. The van der Waals surface area contributed by atoms with Crippen LogP contribution < -0.4 is 5.56 Å². The van der Waals surface area contributed by atoms with Crippen molar-refractivity contribution in [3.05, 3.63) is 92.3 Å². The molecule has 3 heterocycles. The maximum Gasteiger partial charge on any atom is 0.268 e. The van der Waals surface area contributed by atoms with Crippen molar-refractivity contribution in [2.24, 2.45) is 0 Å². The molecule has 2 aromatic carbocycles. The van der Waals surface area contributed by atoms with Crippen LogP contribution in [0.3, 0.4) is 0 Å². The van der Waals surface area contributed by atoms with E-state index in [9.17, 15) is 9.59 Å². The first-order chi connectivity index (χ1) is 16.3. The number of halogens is 1. The number of benzene rings is 2. The van der Waals surface area contributed by atoms with E-state index in [2.05, 4.69) is 15.9 Å². The van der Waals surface area contributed by atoms with Crippen molar-refractivity contribution in [2.45, 2.75) is 37.6 Å². The van der Waals surface area contributed by atoms with Gasteiger partial charge in [0.05, 0.1) is 34.7 Å². The predicted octanol–water partition coefficient (Wildman–Crippen LogP) is 5.37. The van der Waals surface area contributed by atoms with Crippen LogP contribution in [0.2, 0.25) is 0 Å². The number of carbonyl (C=O) groups excluding carboxylic acids is 1. The van der Waals surface area contributed by atoms with Gasteiger partial charge in [0, 0.05) is 22.0 Å². The molecule has 0 saturated carbocycles. The lowest BCUT2D eigenvalue weighted by molar-refractivity contribution is -0.0411. The summed E-state index contributed by atoms with van der Waals surface area (Å²) in [5.74, 6) is 0.113. The first kappa shape index (κ1) is 23.0. The number of rotatable bonds is 5. The standard InChI is InChI=1S/C26H22BrN3O3S/c1-26(2)13-21-17(14-33-26)12-20-23(28-21)29-25(30(24(20)32)19-6-4-3-5-7-19)34-15-22(31)16-8-10-18(27)11-9-16/h3-12H,13-15H2,1-2H3. The number of hydrogen-bond donors (Lipinski definition) is 0. The van der Waals surface area contributed by atoms with E-state index in [-0.39, 0.29) is 22.7 Å². The second kappa shape index (κ2) is 9.09. The summed E-state index contributed by atoms with van der Waals surface area (Å²) >= 11 is 4.63. The fraction of sp³-hybridized carbons (Fsp3) is 0.231. The zero-order valence-corrected chi connectivity index (χ0v) is 21.1. The van der Waals surface area contributed by atoms with Crippen molar-refractivity contribution < 1.29 is 9.53 Å². The molecule has 6 nitrogen and oxygen atoms in total. The van der Waals surface area contributed by atoms with Gasteiger partial charge in [-0.3, -0.25) is 14.2 Å². The van der Waals surface area contributed by atoms with Gasteiger partial charge in [0.25, 0.3) is 5.56 Å². The molecule has 172 valence electrons. The summed E-state index contributed by atoms with van der Waals surface area (Å²) in [4.78, 5) is 36.0. The van der Waals surface area contributed by atoms with Gasteiger partial charge < -0.3 is 4.74 Å². The van der Waals surface area contributed by atoms with Gasteiger partial charge in [-0.2, -0.15) is 0 Å². The van der Waals surface area contributed by atoms with Gasteiger partial charge in [-0.05, 0) is 44.2 Å². The molecule has 0 spiro atoms. The van der Waals surface area contributed by atoms with Crippen LogP contribution in [-0.4, -0.2) is 31.7 Å². The average molecular weight is 536 g/mol. The van der Waals surface area contributed by atoms with Gasteiger partial charge in [-0.25, -0.2) is 9.97 Å². The third-order valence-electron chi connectivity index (χ3n) is 5.72. The van der Waals surface area contributed by atoms with Crippen LogP contribution in [0, 0.1) is 0 Å². The number of ketones is 1. The maximum atomic E-state index is 13.7. The second-order valence-corrected chi connectivity index (χ2v) is 10.6. The van der Waals surface area contributed by atoms with Gasteiger partial charge in [0.2, 0.25) is 0 Å². The SMILES string of the molecule is CC1(C)Cc2nc3nc(SCC(=O)c4ccc(Br)cc4)n(-c4ccccc4)c(=O)c3cc2CO1. The summed E-state index contributed by atoms with van der Waals surface area (Å²) in [7, 11) is 0. The van der Waals surface area contributed by atoms with Crippen molar-refractivity contribution in [2.75, 3.05) is 5.75 Å². The molecule has 0 aliphatic carbocycles. The summed E-state index contributed by atoms with van der Waals surface area (Å²) in [6, 6.07) is 18.4. The number of thioether (sulfide) groups is 1. The fourth-order valence-electron chi connectivity index (χ4n) is 3.93. The van der Waals surface area contributed by atoms with Crippen LogP contribution >= 0.6 is 27.7 Å². The topological polar surface area (TPSA) is 74.1 Å². The smallest absolute Gasteiger partial charge is 0.268 e. The summed E-state index contributed by atoms with van der Waals surface area (Å²) in [6.45, 7) is 4.46. The molecule has 1 aliphatic rings. The van der Waals surface area contributed by atoms with Crippen molar-refractivity contribution in [3.63, 3.8) is 0 Å². The number of hydrogen-bond acceptors (Lipinski definition) is 6. The molecule has 2 aromatic heterocycles. The largest absolute Gasteiger partial charge is 0.370 e. The Morgan fingerprint density at radius 3 is 2.59 bits per heavy atom. The maximum absolute atomic E-state index is 13.7. The third-order valence-corrected chi connectivity index (χ3v) is 7.19. The monoisotopic (exact) mass is 535 g/mol. The number of para-hydroxylation sites is 1. The molecular formula is C26H22BrN3O3S. The van der Waals surface area contributed by atoms with Crippen molar-refractivity contribution in [3.8, 4) is 5.69 Å².